The molecule has 0 aliphatic heterocycles. The number of carbonyl (C=O) groups excluding carboxylic acids is 4. The molecule has 0 unspecified atom stereocenters. The minimum absolute atomic E-state index is 0.0739. The van der Waals surface area contributed by atoms with Crippen LogP contribution >= 0.6 is 0 Å². The van der Waals surface area contributed by atoms with Crippen LogP contribution in [0.1, 0.15) is 81.6 Å². The van der Waals surface area contributed by atoms with Crippen LogP contribution in [0.2, 0.25) is 0 Å². The first kappa shape index (κ1) is 28.6. The standard InChI is InChI=1S/C30H42N4O5/c1-20(35)23-13-8-14-24(23)32-28(36)25(15-9-17-31-30(38)39-19-21-10-4-3-5-11-21)33-29(37)27-18-22-12-6-7-16-26(22)34(27)2/h6-7,12,16,18,21,23-25H,3-5,8-11,13-15,17,19H2,1-2H3,(H,31,38)(H,32,36)(H,33,37)/t23-,24-,25-/m0/s1. The lowest BCUT2D eigenvalue weighted by molar-refractivity contribution is -0.125. The molecule has 2 aromatic rings. The van der Waals surface area contributed by atoms with Gasteiger partial charge in [-0.2, -0.15) is 0 Å². The van der Waals surface area contributed by atoms with Crippen molar-refractivity contribution in [3.05, 3.63) is 36.0 Å². The second-order valence-corrected chi connectivity index (χ2v) is 11.1. The van der Waals surface area contributed by atoms with E-state index >= 15 is 0 Å². The fraction of sp³-hybridized carbons (Fsp3) is 0.600. The lowest BCUT2D eigenvalue weighted by atomic mass is 9.90. The van der Waals surface area contributed by atoms with E-state index in [-0.39, 0.29) is 29.6 Å². The highest BCUT2D eigenvalue weighted by Crippen LogP contribution is 2.27. The molecule has 0 spiro atoms. The first-order chi connectivity index (χ1) is 18.8. The summed E-state index contributed by atoms with van der Waals surface area (Å²) < 4.78 is 7.20. The van der Waals surface area contributed by atoms with Crippen LogP contribution in [0.15, 0.2) is 30.3 Å². The molecular formula is C30H42N4O5. The number of para-hydroxylation sites is 1. The van der Waals surface area contributed by atoms with Crippen LogP contribution in [0.25, 0.3) is 10.9 Å². The van der Waals surface area contributed by atoms with Crippen LogP contribution in [0.3, 0.4) is 0 Å². The van der Waals surface area contributed by atoms with E-state index in [0.717, 1.165) is 43.0 Å². The summed E-state index contributed by atoms with van der Waals surface area (Å²) in [5.41, 5.74) is 1.38. The number of nitrogens with zero attached hydrogens (tertiary/aromatic N) is 1. The maximum atomic E-state index is 13.3. The third-order valence-corrected chi connectivity index (χ3v) is 8.29. The zero-order valence-electron chi connectivity index (χ0n) is 23.2. The van der Waals surface area contributed by atoms with E-state index in [9.17, 15) is 19.2 Å². The van der Waals surface area contributed by atoms with Crippen LogP contribution in [0, 0.1) is 11.8 Å². The summed E-state index contributed by atoms with van der Waals surface area (Å²) >= 11 is 0. The molecule has 2 aliphatic rings. The van der Waals surface area contributed by atoms with Crippen LogP contribution in [0.5, 0.6) is 0 Å². The van der Waals surface area contributed by atoms with E-state index < -0.39 is 12.1 Å². The Kier molecular flexibility index (Phi) is 10.0. The minimum atomic E-state index is -0.802. The van der Waals surface area contributed by atoms with Gasteiger partial charge in [-0.05, 0) is 63.5 Å². The number of ether oxygens (including phenoxy) is 1. The largest absolute Gasteiger partial charge is 0.449 e. The Morgan fingerprint density at radius 1 is 1.03 bits per heavy atom. The lowest BCUT2D eigenvalue weighted by Gasteiger charge is -2.24. The number of amides is 3. The molecule has 2 fully saturated rings. The number of Topliss-reactive ketones (excluding diaryl/α,β-unsaturated/α-hetero) is 1. The van der Waals surface area contributed by atoms with Crippen molar-refractivity contribution in [2.24, 2.45) is 18.9 Å². The molecule has 1 heterocycles. The fourth-order valence-electron chi connectivity index (χ4n) is 6.01. The molecule has 2 aliphatic carbocycles. The van der Waals surface area contributed by atoms with Gasteiger partial charge in [0, 0.05) is 36.5 Å². The van der Waals surface area contributed by atoms with Gasteiger partial charge in [-0.3, -0.25) is 14.4 Å². The normalized spacial score (nSPS) is 20.4. The number of benzene rings is 1. The van der Waals surface area contributed by atoms with Crippen LogP contribution in [0.4, 0.5) is 4.79 Å². The fourth-order valence-corrected chi connectivity index (χ4v) is 6.01. The molecule has 39 heavy (non-hydrogen) atoms. The average Bonchev–Trinajstić information content (AvgIpc) is 3.54. The van der Waals surface area contributed by atoms with E-state index in [0.29, 0.717) is 37.6 Å². The van der Waals surface area contributed by atoms with Gasteiger partial charge in [0.25, 0.3) is 5.91 Å². The number of nitrogens with one attached hydrogen (secondary N) is 3. The summed E-state index contributed by atoms with van der Waals surface area (Å²) in [6.45, 7) is 2.33. The summed E-state index contributed by atoms with van der Waals surface area (Å²) in [5, 5.41) is 9.64. The zero-order chi connectivity index (χ0) is 27.8. The molecule has 0 saturated heterocycles. The maximum absolute atomic E-state index is 13.3. The molecule has 9 heteroatoms. The van der Waals surface area contributed by atoms with Crippen LogP contribution in [-0.2, 0) is 21.4 Å². The van der Waals surface area contributed by atoms with Crippen molar-refractivity contribution in [1.82, 2.24) is 20.5 Å². The summed E-state index contributed by atoms with van der Waals surface area (Å²) in [4.78, 5) is 50.8. The number of fused-ring (bicyclic) bond motifs is 1. The Labute approximate surface area is 230 Å². The molecule has 0 radical (unpaired) electrons. The molecule has 3 N–H and O–H groups in total. The predicted octanol–water partition coefficient (Wildman–Crippen LogP) is 4.24. The Hall–Kier alpha value is -3.36. The van der Waals surface area contributed by atoms with Crippen molar-refractivity contribution in [2.75, 3.05) is 13.2 Å². The molecule has 3 amide bonds. The van der Waals surface area contributed by atoms with Gasteiger partial charge in [0.05, 0.1) is 6.61 Å². The molecule has 0 bridgehead atoms. The highest BCUT2D eigenvalue weighted by Gasteiger charge is 2.34. The summed E-state index contributed by atoms with van der Waals surface area (Å²) in [5.74, 6) is -0.325. The molecule has 4 rings (SSSR count). The summed E-state index contributed by atoms with van der Waals surface area (Å²) in [7, 11) is 1.82. The van der Waals surface area contributed by atoms with Gasteiger partial charge < -0.3 is 25.3 Å². The van der Waals surface area contributed by atoms with Crippen molar-refractivity contribution in [1.29, 1.82) is 0 Å². The summed E-state index contributed by atoms with van der Waals surface area (Å²) in [6, 6.07) is 8.51. The van der Waals surface area contributed by atoms with E-state index in [1.54, 1.807) is 6.92 Å². The van der Waals surface area contributed by atoms with E-state index in [4.69, 9.17) is 4.74 Å². The lowest BCUT2D eigenvalue weighted by Crippen LogP contribution is -2.51. The SMILES string of the molecule is CC(=O)[C@@H]1CCC[C@@H]1NC(=O)[C@H](CCCNC(=O)OCC1CCCCC1)NC(=O)c1cc2ccccc2n1C. The number of rotatable bonds is 11. The number of carbonyl (C=O) groups is 4. The molecule has 2 saturated carbocycles. The van der Waals surface area contributed by atoms with Gasteiger partial charge in [0.1, 0.15) is 17.5 Å². The quantitative estimate of drug-likeness (QED) is 0.370. The first-order valence-electron chi connectivity index (χ1n) is 14.4. The van der Waals surface area contributed by atoms with E-state index in [1.807, 2.05) is 41.9 Å². The van der Waals surface area contributed by atoms with Crippen molar-refractivity contribution in [3.63, 3.8) is 0 Å². The Morgan fingerprint density at radius 2 is 1.79 bits per heavy atom. The van der Waals surface area contributed by atoms with Gasteiger partial charge in [0.15, 0.2) is 0 Å². The van der Waals surface area contributed by atoms with Gasteiger partial charge in [-0.25, -0.2) is 4.79 Å². The Morgan fingerprint density at radius 3 is 2.54 bits per heavy atom. The third-order valence-electron chi connectivity index (χ3n) is 8.29. The maximum Gasteiger partial charge on any atom is 0.407 e. The smallest absolute Gasteiger partial charge is 0.407 e. The second kappa shape index (κ2) is 13.6. The molecular weight excluding hydrogens is 496 g/mol. The van der Waals surface area contributed by atoms with E-state index in [2.05, 4.69) is 16.0 Å². The number of hydrogen-bond acceptors (Lipinski definition) is 5. The Balaban J connectivity index is 1.34. The zero-order valence-corrected chi connectivity index (χ0v) is 23.2. The van der Waals surface area contributed by atoms with Gasteiger partial charge in [-0.1, -0.05) is 43.9 Å². The molecule has 1 aromatic heterocycles. The second-order valence-electron chi connectivity index (χ2n) is 11.1. The highest BCUT2D eigenvalue weighted by atomic mass is 16.5. The first-order valence-corrected chi connectivity index (χ1v) is 14.4. The van der Waals surface area contributed by atoms with Crippen LogP contribution < -0.4 is 16.0 Å². The highest BCUT2D eigenvalue weighted by molar-refractivity contribution is 6.00. The van der Waals surface area contributed by atoms with E-state index in [1.165, 1.54) is 19.3 Å². The number of ketones is 1. The monoisotopic (exact) mass is 538 g/mol. The number of alkyl carbamates (subject to hydrolysis) is 1. The number of aryl methyl sites for hydroxylation is 1. The topological polar surface area (TPSA) is 119 Å². The van der Waals surface area contributed by atoms with Crippen molar-refractivity contribution >= 4 is 34.6 Å². The average molecular weight is 539 g/mol. The molecule has 1 aromatic carbocycles. The van der Waals surface area contributed by atoms with Crippen molar-refractivity contribution < 1.29 is 23.9 Å². The van der Waals surface area contributed by atoms with Crippen molar-refractivity contribution in [3.8, 4) is 0 Å². The van der Waals surface area contributed by atoms with Gasteiger partial charge in [0.2, 0.25) is 5.91 Å². The minimum Gasteiger partial charge on any atom is -0.449 e. The predicted molar refractivity (Wildman–Crippen MR) is 149 cm³/mol. The third kappa shape index (κ3) is 7.61. The van der Waals surface area contributed by atoms with Crippen molar-refractivity contribution in [2.45, 2.75) is 83.2 Å². The molecule has 3 atom stereocenters. The number of hydrogen-bond donors (Lipinski definition) is 3. The summed E-state index contributed by atoms with van der Waals surface area (Å²) in [6.07, 6.45) is 8.60. The number of aromatic nitrogens is 1. The molecule has 212 valence electrons. The Bertz CT molecular complexity index is 1170. The van der Waals surface area contributed by atoms with Gasteiger partial charge in [-0.15, -0.1) is 0 Å². The molecule has 9 nitrogen and oxygen atoms in total. The van der Waals surface area contributed by atoms with Gasteiger partial charge >= 0.3 is 6.09 Å². The van der Waals surface area contributed by atoms with Crippen LogP contribution in [-0.4, -0.2) is 53.5 Å².